The minimum absolute atomic E-state index is 0.000802. The highest BCUT2D eigenvalue weighted by Crippen LogP contribution is 2.35. The molecule has 1 saturated heterocycles. The number of thiophene rings is 1. The van der Waals surface area contributed by atoms with Gasteiger partial charge >= 0.3 is 0 Å². The second kappa shape index (κ2) is 8.90. The molecule has 3 aromatic heterocycles. The lowest BCUT2D eigenvalue weighted by atomic mass is 9.92. The maximum atomic E-state index is 13.1. The molecule has 0 spiro atoms. The SMILES string of the molecule is Cc1cc(C)c2c(-n3cccc3)c(C(=O)NCCCN3C[C@H](C)C[C@H](C)C3)sc2n1. The molecule has 1 N–H and O–H groups in total. The number of hydrogen-bond donors (Lipinski definition) is 1. The van der Waals surface area contributed by atoms with Crippen LogP contribution < -0.4 is 5.32 Å². The Bertz CT molecular complexity index is 1010. The minimum Gasteiger partial charge on any atom is -0.351 e. The van der Waals surface area contributed by atoms with Crippen molar-refractivity contribution in [1.82, 2.24) is 19.8 Å². The van der Waals surface area contributed by atoms with Crippen LogP contribution in [0.2, 0.25) is 0 Å². The third-order valence-electron chi connectivity index (χ3n) is 5.91. The van der Waals surface area contributed by atoms with Gasteiger partial charge in [-0.05, 0) is 68.8 Å². The van der Waals surface area contributed by atoms with Crippen molar-refractivity contribution in [3.8, 4) is 5.69 Å². The van der Waals surface area contributed by atoms with E-state index in [-0.39, 0.29) is 5.91 Å². The second-order valence-corrected chi connectivity index (χ2v) is 9.94. The molecule has 2 atom stereocenters. The fourth-order valence-corrected chi connectivity index (χ4v) is 6.08. The molecule has 1 fully saturated rings. The third-order valence-corrected chi connectivity index (χ3v) is 6.98. The number of piperidine rings is 1. The van der Waals surface area contributed by atoms with Crippen molar-refractivity contribution in [3.05, 3.63) is 46.7 Å². The first-order chi connectivity index (χ1) is 14.4. The summed E-state index contributed by atoms with van der Waals surface area (Å²) >= 11 is 1.49. The fourth-order valence-electron chi connectivity index (χ4n) is 4.87. The molecule has 0 unspecified atom stereocenters. The number of carbonyl (C=O) groups is 1. The normalized spacial score (nSPS) is 20.0. The zero-order valence-corrected chi connectivity index (χ0v) is 19.3. The van der Waals surface area contributed by atoms with Gasteiger partial charge in [-0.2, -0.15) is 0 Å². The van der Waals surface area contributed by atoms with Crippen LogP contribution in [0.25, 0.3) is 15.9 Å². The first-order valence-electron chi connectivity index (χ1n) is 11.0. The summed E-state index contributed by atoms with van der Waals surface area (Å²) in [6.07, 6.45) is 6.30. The number of aryl methyl sites for hydroxylation is 2. The maximum Gasteiger partial charge on any atom is 0.263 e. The second-order valence-electron chi connectivity index (χ2n) is 8.95. The minimum atomic E-state index is -0.000802. The molecule has 5 nitrogen and oxygen atoms in total. The Morgan fingerprint density at radius 2 is 1.90 bits per heavy atom. The highest BCUT2D eigenvalue weighted by atomic mass is 32.1. The number of nitrogens with zero attached hydrogens (tertiary/aromatic N) is 3. The van der Waals surface area contributed by atoms with Crippen molar-refractivity contribution >= 4 is 27.5 Å². The summed E-state index contributed by atoms with van der Waals surface area (Å²) in [7, 11) is 0. The van der Waals surface area contributed by atoms with Gasteiger partial charge in [-0.25, -0.2) is 4.98 Å². The molecule has 0 saturated carbocycles. The van der Waals surface area contributed by atoms with Gasteiger partial charge in [0.25, 0.3) is 5.91 Å². The van der Waals surface area contributed by atoms with Crippen molar-refractivity contribution in [3.63, 3.8) is 0 Å². The van der Waals surface area contributed by atoms with E-state index in [0.29, 0.717) is 6.54 Å². The highest BCUT2D eigenvalue weighted by Gasteiger charge is 2.23. The van der Waals surface area contributed by atoms with Gasteiger partial charge in [-0.3, -0.25) is 4.79 Å². The molecule has 4 rings (SSSR count). The van der Waals surface area contributed by atoms with Crippen LogP contribution in [-0.4, -0.2) is 46.5 Å². The quantitative estimate of drug-likeness (QED) is 0.578. The first-order valence-corrected chi connectivity index (χ1v) is 11.8. The van der Waals surface area contributed by atoms with Gasteiger partial charge in [0.1, 0.15) is 9.71 Å². The van der Waals surface area contributed by atoms with E-state index in [4.69, 9.17) is 4.98 Å². The Hall–Kier alpha value is -2.18. The van der Waals surface area contributed by atoms with Gasteiger partial charge in [-0.15, -0.1) is 11.3 Å². The third kappa shape index (κ3) is 4.44. The zero-order chi connectivity index (χ0) is 21.3. The molecule has 0 aliphatic carbocycles. The average molecular weight is 425 g/mol. The van der Waals surface area contributed by atoms with Crippen LogP contribution in [0, 0.1) is 25.7 Å². The molecule has 4 heterocycles. The zero-order valence-electron chi connectivity index (χ0n) is 18.4. The Kier molecular flexibility index (Phi) is 6.25. The topological polar surface area (TPSA) is 50.2 Å². The van der Waals surface area contributed by atoms with Gasteiger partial charge in [0, 0.05) is 43.1 Å². The Morgan fingerprint density at radius 3 is 2.60 bits per heavy atom. The van der Waals surface area contributed by atoms with Crippen LogP contribution in [0.4, 0.5) is 0 Å². The van der Waals surface area contributed by atoms with E-state index in [9.17, 15) is 4.79 Å². The van der Waals surface area contributed by atoms with E-state index in [1.165, 1.54) is 30.8 Å². The number of hydrogen-bond acceptors (Lipinski definition) is 4. The number of amides is 1. The molecule has 1 aliphatic rings. The van der Waals surface area contributed by atoms with Crippen LogP contribution in [0.3, 0.4) is 0 Å². The molecule has 6 heteroatoms. The van der Waals surface area contributed by atoms with Crippen molar-refractivity contribution in [2.45, 2.75) is 40.5 Å². The largest absolute Gasteiger partial charge is 0.351 e. The molecule has 3 aromatic rings. The molecule has 0 bridgehead atoms. The van der Waals surface area contributed by atoms with E-state index in [1.54, 1.807) is 0 Å². The Balaban J connectivity index is 1.48. The molecule has 0 radical (unpaired) electrons. The number of pyridine rings is 1. The number of carbonyl (C=O) groups excluding carboxylic acids is 1. The van der Waals surface area contributed by atoms with Crippen molar-refractivity contribution in [2.24, 2.45) is 11.8 Å². The van der Waals surface area contributed by atoms with Gasteiger partial charge in [0.2, 0.25) is 0 Å². The predicted octanol–water partition coefficient (Wildman–Crippen LogP) is 4.80. The Labute approximate surface area is 183 Å². The lowest BCUT2D eigenvalue weighted by Gasteiger charge is -2.34. The van der Waals surface area contributed by atoms with Gasteiger partial charge in [0.15, 0.2) is 0 Å². The van der Waals surface area contributed by atoms with Crippen LogP contribution >= 0.6 is 11.3 Å². The van der Waals surface area contributed by atoms with Crippen LogP contribution in [-0.2, 0) is 0 Å². The monoisotopic (exact) mass is 424 g/mol. The van der Waals surface area contributed by atoms with Crippen molar-refractivity contribution in [1.29, 1.82) is 0 Å². The predicted molar refractivity (Wildman–Crippen MR) is 125 cm³/mol. The summed E-state index contributed by atoms with van der Waals surface area (Å²) in [6.45, 7) is 12.9. The van der Waals surface area contributed by atoms with Gasteiger partial charge in [-0.1, -0.05) is 13.8 Å². The number of fused-ring (bicyclic) bond motifs is 1. The molecule has 160 valence electrons. The summed E-state index contributed by atoms with van der Waals surface area (Å²) in [5, 5.41) is 4.23. The van der Waals surface area contributed by atoms with E-state index < -0.39 is 0 Å². The standard InChI is InChI=1S/C24H32N4OS/c1-16-12-17(2)15-27(14-16)9-7-8-25-23(29)22-21(28-10-5-6-11-28)20-18(3)13-19(4)26-24(20)30-22/h5-6,10-11,13,16-17H,7-9,12,14-15H2,1-4H3,(H,25,29)/t16-,17+. The first kappa shape index (κ1) is 21.1. The maximum absolute atomic E-state index is 13.1. The fraction of sp³-hybridized carbons (Fsp3) is 0.500. The molecular formula is C24H32N4OS. The van der Waals surface area contributed by atoms with E-state index in [1.807, 2.05) is 36.0 Å². The summed E-state index contributed by atoms with van der Waals surface area (Å²) in [4.78, 5) is 22.0. The number of nitrogens with one attached hydrogen (secondary N) is 1. The number of likely N-dealkylation sites (tertiary alicyclic amines) is 1. The smallest absolute Gasteiger partial charge is 0.263 e. The lowest BCUT2D eigenvalue weighted by molar-refractivity contribution is 0.0951. The number of rotatable bonds is 6. The summed E-state index contributed by atoms with van der Waals surface area (Å²) in [5.74, 6) is 1.54. The Morgan fingerprint density at radius 1 is 1.20 bits per heavy atom. The van der Waals surface area contributed by atoms with E-state index >= 15 is 0 Å². The lowest BCUT2D eigenvalue weighted by Crippen LogP contribution is -2.40. The van der Waals surface area contributed by atoms with Crippen LogP contribution in [0.15, 0.2) is 30.6 Å². The van der Waals surface area contributed by atoms with Crippen molar-refractivity contribution in [2.75, 3.05) is 26.2 Å². The number of aromatic nitrogens is 2. The van der Waals surface area contributed by atoms with Crippen LogP contribution in [0.5, 0.6) is 0 Å². The summed E-state index contributed by atoms with van der Waals surface area (Å²) in [5.41, 5.74) is 3.09. The molecule has 0 aromatic carbocycles. The van der Waals surface area contributed by atoms with Crippen LogP contribution in [0.1, 0.15) is 47.6 Å². The van der Waals surface area contributed by atoms with Crippen molar-refractivity contribution < 1.29 is 4.79 Å². The molecule has 30 heavy (non-hydrogen) atoms. The molecule has 1 amide bonds. The summed E-state index contributed by atoms with van der Waals surface area (Å²) in [6, 6.07) is 6.07. The van der Waals surface area contributed by atoms with Gasteiger partial charge in [0.05, 0.1) is 5.69 Å². The highest BCUT2D eigenvalue weighted by molar-refractivity contribution is 7.21. The molecular weight excluding hydrogens is 392 g/mol. The van der Waals surface area contributed by atoms with E-state index in [0.717, 1.165) is 56.8 Å². The average Bonchev–Trinajstić information content (AvgIpc) is 3.31. The molecule has 1 aliphatic heterocycles. The van der Waals surface area contributed by atoms with Gasteiger partial charge < -0.3 is 14.8 Å². The summed E-state index contributed by atoms with van der Waals surface area (Å²) < 4.78 is 2.04. The van der Waals surface area contributed by atoms with E-state index in [2.05, 4.69) is 37.1 Å².